The van der Waals surface area contributed by atoms with Crippen molar-refractivity contribution >= 4 is 17.3 Å². The number of aryl methyl sites for hydroxylation is 1. The van der Waals surface area contributed by atoms with Crippen molar-refractivity contribution in [2.75, 3.05) is 6.54 Å². The maximum atomic E-state index is 12.8. The van der Waals surface area contributed by atoms with Crippen molar-refractivity contribution in [3.63, 3.8) is 0 Å². The second kappa shape index (κ2) is 7.60. The Kier molecular flexibility index (Phi) is 5.11. The van der Waals surface area contributed by atoms with Crippen LogP contribution >= 0.6 is 0 Å². The Morgan fingerprint density at radius 2 is 2.13 bits per heavy atom. The first-order valence-corrected chi connectivity index (χ1v) is 10.0. The first-order valence-electron chi connectivity index (χ1n) is 10.0. The Labute approximate surface area is 174 Å². The summed E-state index contributed by atoms with van der Waals surface area (Å²) in [7, 11) is 0. The van der Waals surface area contributed by atoms with Crippen molar-refractivity contribution < 1.29 is 19.1 Å². The highest BCUT2D eigenvalue weighted by molar-refractivity contribution is 6.00. The van der Waals surface area contributed by atoms with Gasteiger partial charge in [-0.3, -0.25) is 9.59 Å². The molecule has 4 rings (SSSR count). The number of rotatable bonds is 6. The van der Waals surface area contributed by atoms with Gasteiger partial charge in [-0.05, 0) is 48.9 Å². The molecule has 1 saturated carbocycles. The largest absolute Gasteiger partial charge is 0.456 e. The fourth-order valence-electron chi connectivity index (χ4n) is 4.08. The van der Waals surface area contributed by atoms with Crippen LogP contribution in [0.5, 0.6) is 0 Å². The van der Waals surface area contributed by atoms with Gasteiger partial charge in [0, 0.05) is 24.3 Å². The zero-order valence-corrected chi connectivity index (χ0v) is 17.3. The number of hydrogen-bond donors (Lipinski definition) is 3. The summed E-state index contributed by atoms with van der Waals surface area (Å²) in [5.41, 5.74) is 1.81. The fraction of sp³-hybridized carbons (Fsp3) is 0.409. The zero-order valence-electron chi connectivity index (χ0n) is 17.3. The minimum Gasteiger partial charge on any atom is -0.456 e. The molecule has 1 aliphatic rings. The molecule has 0 aliphatic heterocycles. The molecule has 2 unspecified atom stereocenters. The fourth-order valence-corrected chi connectivity index (χ4v) is 4.08. The van der Waals surface area contributed by atoms with Crippen molar-refractivity contribution in [2.24, 2.45) is 11.3 Å². The van der Waals surface area contributed by atoms with Crippen LogP contribution in [0.4, 0.5) is 0 Å². The highest BCUT2D eigenvalue weighted by atomic mass is 16.4. The first-order chi connectivity index (χ1) is 14.3. The van der Waals surface area contributed by atoms with Crippen molar-refractivity contribution in [3.05, 3.63) is 59.3 Å². The molecule has 8 nitrogen and oxygen atoms in total. The lowest BCUT2D eigenvalue weighted by Gasteiger charge is -2.52. The van der Waals surface area contributed by atoms with Crippen LogP contribution in [-0.2, 0) is 6.61 Å². The second-order valence-corrected chi connectivity index (χ2v) is 8.42. The Bertz CT molecular complexity index is 1100. The molecule has 3 aromatic heterocycles. The lowest BCUT2D eigenvalue weighted by Crippen LogP contribution is -2.60. The van der Waals surface area contributed by atoms with Crippen LogP contribution in [0, 0.1) is 18.3 Å². The molecule has 0 bridgehead atoms. The normalized spacial score (nSPS) is 20.0. The summed E-state index contributed by atoms with van der Waals surface area (Å²) in [6.45, 7) is 6.24. The molecule has 158 valence electrons. The van der Waals surface area contributed by atoms with E-state index in [0.29, 0.717) is 23.4 Å². The van der Waals surface area contributed by atoms with E-state index in [2.05, 4.69) is 29.6 Å². The maximum absolute atomic E-state index is 12.8. The molecule has 0 saturated heterocycles. The number of aliphatic hydroxyl groups is 1. The van der Waals surface area contributed by atoms with Crippen molar-refractivity contribution in [1.29, 1.82) is 0 Å². The predicted octanol–water partition coefficient (Wildman–Crippen LogP) is 2.30. The number of carbonyl (C=O) groups excluding carboxylic acids is 2. The topological polar surface area (TPSA) is 109 Å². The summed E-state index contributed by atoms with van der Waals surface area (Å²) in [5, 5.41) is 19.5. The quantitative estimate of drug-likeness (QED) is 0.578. The summed E-state index contributed by atoms with van der Waals surface area (Å²) in [5.74, 6) is 0.554. The Morgan fingerprint density at radius 1 is 1.33 bits per heavy atom. The third-order valence-electron chi connectivity index (χ3n) is 6.38. The maximum Gasteiger partial charge on any atom is 0.287 e. The lowest BCUT2D eigenvalue weighted by atomic mass is 9.58. The number of carbonyl (C=O) groups is 2. The monoisotopic (exact) mass is 410 g/mol. The van der Waals surface area contributed by atoms with Crippen molar-refractivity contribution in [3.8, 4) is 0 Å². The van der Waals surface area contributed by atoms with Gasteiger partial charge in [-0.15, -0.1) is 0 Å². The number of aliphatic hydroxyl groups excluding tert-OH is 1. The number of fused-ring (bicyclic) bond motifs is 1. The van der Waals surface area contributed by atoms with Crippen LogP contribution < -0.4 is 10.6 Å². The van der Waals surface area contributed by atoms with E-state index in [1.807, 2.05) is 12.3 Å². The van der Waals surface area contributed by atoms with Crippen LogP contribution in [0.2, 0.25) is 0 Å². The van der Waals surface area contributed by atoms with E-state index in [-0.39, 0.29) is 41.6 Å². The van der Waals surface area contributed by atoms with Gasteiger partial charge in [0.15, 0.2) is 5.76 Å². The number of nitrogens with zero attached hydrogens (tertiary/aromatic N) is 2. The molecule has 0 spiro atoms. The van der Waals surface area contributed by atoms with E-state index in [0.717, 1.165) is 11.9 Å². The second-order valence-electron chi connectivity index (χ2n) is 8.42. The standard InChI is InChI=1S/C22H26N4O4/c1-13-14(12-27)9-18(30-13)21(29)23-11-15-10-19(22(15,2)3)25-20(28)16-5-4-8-26-17(16)6-7-24-26/h4-9,15,19,27H,10-12H2,1-3H3,(H,23,29)(H,25,28). The molecular formula is C22H26N4O4. The molecule has 0 radical (unpaired) electrons. The minimum absolute atomic E-state index is 0.0157. The van der Waals surface area contributed by atoms with Crippen LogP contribution in [0.1, 0.15) is 52.5 Å². The molecule has 2 amide bonds. The van der Waals surface area contributed by atoms with E-state index in [1.54, 1.807) is 35.8 Å². The van der Waals surface area contributed by atoms with Crippen molar-refractivity contribution in [2.45, 2.75) is 39.8 Å². The summed E-state index contributed by atoms with van der Waals surface area (Å²) >= 11 is 0. The Morgan fingerprint density at radius 3 is 2.83 bits per heavy atom. The van der Waals surface area contributed by atoms with Gasteiger partial charge in [-0.1, -0.05) is 13.8 Å². The molecule has 30 heavy (non-hydrogen) atoms. The molecular weight excluding hydrogens is 384 g/mol. The van der Waals surface area contributed by atoms with Gasteiger partial charge in [0.25, 0.3) is 11.8 Å². The van der Waals surface area contributed by atoms with Crippen molar-refractivity contribution in [1.82, 2.24) is 20.2 Å². The number of pyridine rings is 1. The third-order valence-corrected chi connectivity index (χ3v) is 6.38. The SMILES string of the molecule is Cc1oc(C(=O)NCC2CC(NC(=O)c3cccn4nccc34)C2(C)C)cc1CO. The van der Waals surface area contributed by atoms with Gasteiger partial charge in [-0.2, -0.15) is 5.10 Å². The average Bonchev–Trinajstić information content (AvgIpc) is 3.35. The highest BCUT2D eigenvalue weighted by Crippen LogP contribution is 2.46. The summed E-state index contributed by atoms with van der Waals surface area (Å²) < 4.78 is 7.10. The van der Waals surface area contributed by atoms with E-state index in [9.17, 15) is 14.7 Å². The van der Waals surface area contributed by atoms with Gasteiger partial charge in [-0.25, -0.2) is 4.52 Å². The Hall–Kier alpha value is -3.13. The number of amides is 2. The van der Waals surface area contributed by atoms with Crippen LogP contribution in [0.15, 0.2) is 41.1 Å². The summed E-state index contributed by atoms with van der Waals surface area (Å²) in [6, 6.07) is 7.00. The average molecular weight is 410 g/mol. The van der Waals surface area contributed by atoms with Gasteiger partial charge in [0.1, 0.15) is 5.76 Å². The predicted molar refractivity (Wildman–Crippen MR) is 110 cm³/mol. The molecule has 2 atom stereocenters. The molecule has 0 aromatic carbocycles. The lowest BCUT2D eigenvalue weighted by molar-refractivity contribution is 0.0148. The minimum atomic E-state index is -0.298. The van der Waals surface area contributed by atoms with Crippen LogP contribution in [-0.4, -0.2) is 39.1 Å². The van der Waals surface area contributed by atoms with Crippen LogP contribution in [0.3, 0.4) is 0 Å². The van der Waals surface area contributed by atoms with E-state index in [4.69, 9.17) is 4.42 Å². The van der Waals surface area contributed by atoms with E-state index >= 15 is 0 Å². The summed E-state index contributed by atoms with van der Waals surface area (Å²) in [4.78, 5) is 25.2. The van der Waals surface area contributed by atoms with E-state index in [1.165, 1.54) is 0 Å². The highest BCUT2D eigenvalue weighted by Gasteiger charge is 2.48. The molecule has 8 heteroatoms. The van der Waals surface area contributed by atoms with Gasteiger partial charge in [0.05, 0.1) is 23.9 Å². The molecule has 1 aliphatic carbocycles. The van der Waals surface area contributed by atoms with Gasteiger partial charge in [0.2, 0.25) is 0 Å². The number of furan rings is 1. The molecule has 3 aromatic rings. The molecule has 3 heterocycles. The van der Waals surface area contributed by atoms with Gasteiger partial charge >= 0.3 is 0 Å². The molecule has 3 N–H and O–H groups in total. The molecule has 1 fully saturated rings. The number of hydrogen-bond acceptors (Lipinski definition) is 5. The Balaban J connectivity index is 1.35. The number of nitrogens with one attached hydrogen (secondary N) is 2. The first kappa shape index (κ1) is 20.2. The van der Waals surface area contributed by atoms with Crippen LogP contribution in [0.25, 0.3) is 5.52 Å². The smallest absolute Gasteiger partial charge is 0.287 e. The third kappa shape index (κ3) is 3.47. The van der Waals surface area contributed by atoms with Gasteiger partial charge < -0.3 is 20.2 Å². The van der Waals surface area contributed by atoms with E-state index < -0.39 is 0 Å². The summed E-state index contributed by atoms with van der Waals surface area (Å²) in [6.07, 6.45) is 4.25. The zero-order chi connectivity index (χ0) is 21.5. The number of aromatic nitrogens is 2.